The molecule has 2 rings (SSSR count). The highest BCUT2D eigenvalue weighted by Crippen LogP contribution is 2.32. The first kappa shape index (κ1) is 19.0. The second-order valence-corrected chi connectivity index (χ2v) is 5.92. The second kappa shape index (κ2) is 7.30. The van der Waals surface area contributed by atoms with Crippen LogP contribution in [0.4, 0.5) is 13.2 Å². The number of methoxy groups -OCH3 is 1. The van der Waals surface area contributed by atoms with Crippen molar-refractivity contribution in [3.8, 4) is 5.75 Å². The molecule has 1 aromatic rings. The lowest BCUT2D eigenvalue weighted by molar-refractivity contribution is -0.153. The zero-order valence-corrected chi connectivity index (χ0v) is 13.5. The van der Waals surface area contributed by atoms with Gasteiger partial charge in [0.25, 0.3) is 5.91 Å². The minimum atomic E-state index is -4.44. The van der Waals surface area contributed by atoms with E-state index in [0.717, 1.165) is 0 Å². The maximum atomic E-state index is 12.5. The summed E-state index contributed by atoms with van der Waals surface area (Å²) in [4.78, 5) is 25.4. The molecule has 6 nitrogen and oxygen atoms in total. The van der Waals surface area contributed by atoms with Crippen LogP contribution in [0.3, 0.4) is 0 Å². The number of alkyl halides is 3. The molecule has 0 bridgehead atoms. The van der Waals surface area contributed by atoms with Gasteiger partial charge >= 0.3 is 12.1 Å². The summed E-state index contributed by atoms with van der Waals surface area (Å²) in [5, 5.41) is 9.40. The number of hydrogen-bond donors (Lipinski definition) is 1. The number of benzene rings is 1. The number of carboxylic acid groups (broad SMARTS) is 1. The smallest absolute Gasteiger partial charge is 0.422 e. The predicted octanol–water partition coefficient (Wildman–Crippen LogP) is 2.19. The van der Waals surface area contributed by atoms with Crippen molar-refractivity contribution >= 4 is 11.9 Å². The van der Waals surface area contributed by atoms with Crippen molar-refractivity contribution in [2.75, 3.05) is 33.4 Å². The van der Waals surface area contributed by atoms with Crippen LogP contribution in [-0.2, 0) is 9.53 Å². The standard InChI is InChI=1S/C16H18F3NO5/c1-24-9-15(14(22)23)6-7-20(8-15)13(21)11-2-4-12(5-3-11)25-10-16(17,18)19/h2-5H,6-10H2,1H3,(H,22,23). The average Bonchev–Trinajstić information content (AvgIpc) is 2.98. The highest BCUT2D eigenvalue weighted by molar-refractivity contribution is 5.95. The van der Waals surface area contributed by atoms with E-state index in [9.17, 15) is 27.9 Å². The number of rotatable bonds is 6. The van der Waals surface area contributed by atoms with Gasteiger partial charge in [-0.1, -0.05) is 0 Å². The first-order valence-corrected chi connectivity index (χ1v) is 7.48. The quantitative estimate of drug-likeness (QED) is 0.841. The van der Waals surface area contributed by atoms with Crippen molar-refractivity contribution in [2.45, 2.75) is 12.6 Å². The lowest BCUT2D eigenvalue weighted by Gasteiger charge is -2.23. The molecule has 9 heteroatoms. The topological polar surface area (TPSA) is 76.1 Å². The molecule has 1 atom stereocenters. The minimum absolute atomic E-state index is 0.00364. The van der Waals surface area contributed by atoms with Gasteiger partial charge in [-0.3, -0.25) is 9.59 Å². The highest BCUT2D eigenvalue weighted by atomic mass is 19.4. The van der Waals surface area contributed by atoms with Crippen LogP contribution in [0.25, 0.3) is 0 Å². The Morgan fingerprint density at radius 1 is 1.28 bits per heavy atom. The Morgan fingerprint density at radius 3 is 2.44 bits per heavy atom. The second-order valence-electron chi connectivity index (χ2n) is 5.92. The van der Waals surface area contributed by atoms with E-state index < -0.39 is 24.2 Å². The predicted molar refractivity (Wildman–Crippen MR) is 80.5 cm³/mol. The number of nitrogens with zero attached hydrogens (tertiary/aromatic N) is 1. The Kier molecular flexibility index (Phi) is 5.56. The largest absolute Gasteiger partial charge is 0.484 e. The summed E-state index contributed by atoms with van der Waals surface area (Å²) in [6.45, 7) is -1.14. The summed E-state index contributed by atoms with van der Waals surface area (Å²) < 4.78 is 45.9. The summed E-state index contributed by atoms with van der Waals surface area (Å²) in [5.41, 5.74) is -0.891. The van der Waals surface area contributed by atoms with Crippen LogP contribution < -0.4 is 4.74 Å². The number of amides is 1. The Balaban J connectivity index is 2.02. The lowest BCUT2D eigenvalue weighted by Crippen LogP contribution is -2.40. The molecule has 1 aromatic carbocycles. The molecule has 0 spiro atoms. The summed E-state index contributed by atoms with van der Waals surface area (Å²) >= 11 is 0. The summed E-state index contributed by atoms with van der Waals surface area (Å²) in [7, 11) is 1.40. The van der Waals surface area contributed by atoms with E-state index in [2.05, 4.69) is 4.74 Å². The van der Waals surface area contributed by atoms with Crippen LogP contribution in [0.2, 0.25) is 0 Å². The molecule has 0 aromatic heterocycles. The zero-order chi connectivity index (χ0) is 18.7. The van der Waals surface area contributed by atoms with Crippen LogP contribution in [-0.4, -0.2) is 61.5 Å². The van der Waals surface area contributed by atoms with Crippen LogP contribution in [0.5, 0.6) is 5.75 Å². The number of aliphatic carboxylic acids is 1. The van der Waals surface area contributed by atoms with Gasteiger partial charge in [-0.15, -0.1) is 0 Å². The van der Waals surface area contributed by atoms with Gasteiger partial charge in [-0.2, -0.15) is 13.2 Å². The molecule has 0 saturated carbocycles. The number of halogens is 3. The molecule has 1 saturated heterocycles. The van der Waals surface area contributed by atoms with Crippen LogP contribution in [0.15, 0.2) is 24.3 Å². The molecular formula is C16H18F3NO5. The van der Waals surface area contributed by atoms with E-state index in [-0.39, 0.29) is 43.3 Å². The third-order valence-electron chi connectivity index (χ3n) is 4.02. The molecule has 0 aliphatic carbocycles. The van der Waals surface area contributed by atoms with Crippen molar-refractivity contribution in [1.29, 1.82) is 0 Å². The summed E-state index contributed by atoms with van der Waals surface area (Å²) in [6, 6.07) is 5.25. The lowest BCUT2D eigenvalue weighted by atomic mass is 9.88. The number of likely N-dealkylation sites (tertiary alicyclic amines) is 1. The molecule has 0 radical (unpaired) electrons. The average molecular weight is 361 g/mol. The molecule has 1 unspecified atom stereocenters. The minimum Gasteiger partial charge on any atom is -0.484 e. The first-order valence-electron chi connectivity index (χ1n) is 7.48. The fourth-order valence-electron chi connectivity index (χ4n) is 2.72. The van der Waals surface area contributed by atoms with Gasteiger partial charge in [0.2, 0.25) is 0 Å². The Bertz CT molecular complexity index is 632. The maximum absolute atomic E-state index is 12.5. The Hall–Kier alpha value is -2.29. The number of ether oxygens (including phenoxy) is 2. The summed E-state index contributed by atoms with van der Waals surface area (Å²) in [5.74, 6) is -1.42. The van der Waals surface area contributed by atoms with E-state index in [0.29, 0.717) is 0 Å². The number of carbonyl (C=O) groups excluding carboxylic acids is 1. The molecule has 1 heterocycles. The monoisotopic (exact) mass is 361 g/mol. The van der Waals surface area contributed by atoms with E-state index in [1.165, 1.54) is 36.3 Å². The highest BCUT2D eigenvalue weighted by Gasteiger charge is 2.46. The first-order chi connectivity index (χ1) is 11.7. The molecule has 1 fully saturated rings. The third-order valence-corrected chi connectivity index (χ3v) is 4.02. The van der Waals surface area contributed by atoms with Gasteiger partial charge in [0.15, 0.2) is 6.61 Å². The number of carbonyl (C=O) groups is 2. The molecule has 1 aliphatic rings. The third kappa shape index (κ3) is 4.62. The van der Waals surface area contributed by atoms with Crippen molar-refractivity contribution < 1.29 is 37.3 Å². The molecule has 25 heavy (non-hydrogen) atoms. The molecule has 1 aliphatic heterocycles. The maximum Gasteiger partial charge on any atom is 0.422 e. The van der Waals surface area contributed by atoms with Crippen molar-refractivity contribution in [3.05, 3.63) is 29.8 Å². The molecular weight excluding hydrogens is 343 g/mol. The van der Waals surface area contributed by atoms with Gasteiger partial charge < -0.3 is 19.5 Å². The van der Waals surface area contributed by atoms with Gasteiger partial charge in [-0.25, -0.2) is 0 Å². The zero-order valence-electron chi connectivity index (χ0n) is 13.5. The van der Waals surface area contributed by atoms with E-state index in [1.54, 1.807) is 0 Å². The van der Waals surface area contributed by atoms with Crippen molar-refractivity contribution in [1.82, 2.24) is 4.90 Å². The number of hydrogen-bond acceptors (Lipinski definition) is 4. The molecule has 138 valence electrons. The van der Waals surface area contributed by atoms with Crippen LogP contribution in [0.1, 0.15) is 16.8 Å². The Morgan fingerprint density at radius 2 is 1.92 bits per heavy atom. The summed E-state index contributed by atoms with van der Waals surface area (Å²) in [6.07, 6.45) is -4.17. The number of carboxylic acids is 1. The van der Waals surface area contributed by atoms with Gasteiger partial charge in [-0.05, 0) is 30.7 Å². The molecule has 1 amide bonds. The van der Waals surface area contributed by atoms with Gasteiger partial charge in [0.05, 0.1) is 6.61 Å². The van der Waals surface area contributed by atoms with Crippen molar-refractivity contribution in [2.24, 2.45) is 5.41 Å². The fraction of sp³-hybridized carbons (Fsp3) is 0.500. The van der Waals surface area contributed by atoms with E-state index in [1.807, 2.05) is 0 Å². The normalized spacial score (nSPS) is 20.6. The van der Waals surface area contributed by atoms with Crippen LogP contribution >= 0.6 is 0 Å². The van der Waals surface area contributed by atoms with E-state index >= 15 is 0 Å². The van der Waals surface area contributed by atoms with Crippen LogP contribution in [0, 0.1) is 5.41 Å². The van der Waals surface area contributed by atoms with Gasteiger partial charge in [0.1, 0.15) is 11.2 Å². The molecule has 1 N–H and O–H groups in total. The SMILES string of the molecule is COCC1(C(=O)O)CCN(C(=O)c2ccc(OCC(F)(F)F)cc2)C1. The van der Waals surface area contributed by atoms with E-state index in [4.69, 9.17) is 4.74 Å². The Labute approximate surface area is 142 Å². The van der Waals surface area contributed by atoms with Gasteiger partial charge in [0, 0.05) is 25.8 Å². The fourth-order valence-corrected chi connectivity index (χ4v) is 2.72. The van der Waals surface area contributed by atoms with Crippen molar-refractivity contribution in [3.63, 3.8) is 0 Å².